The second-order valence-electron chi connectivity index (χ2n) is 6.85. The maximum atomic E-state index is 12.8. The van der Waals surface area contributed by atoms with E-state index < -0.39 is 6.10 Å². The lowest BCUT2D eigenvalue weighted by atomic mass is 10.1. The number of ether oxygens (including phenoxy) is 1. The normalized spacial score (nSPS) is 19.4. The van der Waals surface area contributed by atoms with E-state index in [1.165, 1.54) is 4.90 Å². The highest BCUT2D eigenvalue weighted by molar-refractivity contribution is 6.02. The number of likely N-dealkylation sites (N-methyl/N-ethyl adjacent to an activating group) is 1. The highest BCUT2D eigenvalue weighted by Crippen LogP contribution is 2.34. The van der Waals surface area contributed by atoms with Gasteiger partial charge in [-0.2, -0.15) is 0 Å². The summed E-state index contributed by atoms with van der Waals surface area (Å²) in [4.78, 5) is 42.0. The van der Waals surface area contributed by atoms with Crippen molar-refractivity contribution in [2.45, 2.75) is 26.4 Å². The fraction of sp³-hybridized carbons (Fsp3) is 0.526. The molecule has 8 nitrogen and oxygen atoms in total. The molecule has 0 saturated carbocycles. The average molecular weight is 374 g/mol. The molecule has 2 heterocycles. The summed E-state index contributed by atoms with van der Waals surface area (Å²) < 4.78 is 5.60. The van der Waals surface area contributed by atoms with E-state index in [4.69, 9.17) is 4.74 Å². The largest absolute Gasteiger partial charge is 0.479 e. The zero-order valence-electron chi connectivity index (χ0n) is 16.0. The Bertz CT molecular complexity index is 743. The zero-order valence-corrected chi connectivity index (χ0v) is 16.0. The van der Waals surface area contributed by atoms with E-state index in [0.29, 0.717) is 49.7 Å². The average Bonchev–Trinajstić information content (AvgIpc) is 2.69. The molecule has 3 rings (SSSR count). The standard InChI is InChI=1S/C19H26N4O4/c1-4-7-20-19(26)23-10-8-22(9-11-23)18(25)14-5-6-16-15(12-14)21(3)17(24)13(2)27-16/h5-6,12-13H,4,7-11H2,1-3H3,(H,20,26). The Kier molecular flexibility index (Phi) is 5.53. The Morgan fingerprint density at radius 1 is 1.19 bits per heavy atom. The molecule has 146 valence electrons. The number of fused-ring (bicyclic) bond motifs is 1. The molecule has 1 fully saturated rings. The van der Waals surface area contributed by atoms with Crippen LogP contribution in [0.1, 0.15) is 30.6 Å². The number of carbonyl (C=O) groups is 3. The molecule has 1 N–H and O–H groups in total. The minimum absolute atomic E-state index is 0.0795. The maximum absolute atomic E-state index is 12.8. The van der Waals surface area contributed by atoms with Gasteiger partial charge in [-0.1, -0.05) is 6.92 Å². The van der Waals surface area contributed by atoms with Gasteiger partial charge in [-0.15, -0.1) is 0 Å². The molecule has 0 radical (unpaired) electrons. The summed E-state index contributed by atoms with van der Waals surface area (Å²) in [6.07, 6.45) is 0.359. The molecular formula is C19H26N4O4. The first-order chi connectivity index (χ1) is 12.9. The number of anilines is 1. The number of carbonyl (C=O) groups excluding carboxylic acids is 3. The van der Waals surface area contributed by atoms with Gasteiger partial charge in [0.15, 0.2) is 6.10 Å². The molecule has 0 aromatic heterocycles. The summed E-state index contributed by atoms with van der Waals surface area (Å²) in [5.74, 6) is 0.350. The van der Waals surface area contributed by atoms with E-state index >= 15 is 0 Å². The van der Waals surface area contributed by atoms with Gasteiger partial charge in [0, 0.05) is 45.3 Å². The van der Waals surface area contributed by atoms with Gasteiger partial charge in [-0.25, -0.2) is 4.79 Å². The molecule has 2 aliphatic rings. The number of hydrogen-bond acceptors (Lipinski definition) is 4. The van der Waals surface area contributed by atoms with Crippen LogP contribution in [-0.4, -0.2) is 73.5 Å². The first kappa shape index (κ1) is 19.0. The molecule has 8 heteroatoms. The second kappa shape index (κ2) is 7.85. The van der Waals surface area contributed by atoms with Gasteiger partial charge in [0.25, 0.3) is 11.8 Å². The molecule has 4 amide bonds. The molecule has 1 atom stereocenters. The Balaban J connectivity index is 1.66. The van der Waals surface area contributed by atoms with Crippen LogP contribution in [0.25, 0.3) is 0 Å². The van der Waals surface area contributed by atoms with Crippen LogP contribution in [-0.2, 0) is 4.79 Å². The lowest BCUT2D eigenvalue weighted by molar-refractivity contribution is -0.125. The van der Waals surface area contributed by atoms with Crippen molar-refractivity contribution in [1.82, 2.24) is 15.1 Å². The summed E-state index contributed by atoms with van der Waals surface area (Å²) in [5.41, 5.74) is 1.11. The van der Waals surface area contributed by atoms with Gasteiger partial charge in [0.05, 0.1) is 5.69 Å². The zero-order chi connectivity index (χ0) is 19.6. The summed E-state index contributed by atoms with van der Waals surface area (Å²) in [6.45, 7) is 6.34. The van der Waals surface area contributed by atoms with Crippen LogP contribution < -0.4 is 15.0 Å². The van der Waals surface area contributed by atoms with Crippen molar-refractivity contribution >= 4 is 23.5 Å². The fourth-order valence-electron chi connectivity index (χ4n) is 3.28. The molecule has 0 aliphatic carbocycles. The number of nitrogens with one attached hydrogen (secondary N) is 1. The molecule has 1 aromatic carbocycles. The molecule has 0 bridgehead atoms. The lowest BCUT2D eigenvalue weighted by Crippen LogP contribution is -2.53. The minimum Gasteiger partial charge on any atom is -0.479 e. The lowest BCUT2D eigenvalue weighted by Gasteiger charge is -2.35. The first-order valence-electron chi connectivity index (χ1n) is 9.32. The number of nitrogens with zero attached hydrogens (tertiary/aromatic N) is 3. The summed E-state index contributed by atoms with van der Waals surface area (Å²) >= 11 is 0. The van der Waals surface area contributed by atoms with Gasteiger partial charge in [0.1, 0.15) is 5.75 Å². The molecular weight excluding hydrogens is 348 g/mol. The van der Waals surface area contributed by atoms with Crippen LogP contribution in [0.5, 0.6) is 5.75 Å². The van der Waals surface area contributed by atoms with E-state index in [0.717, 1.165) is 6.42 Å². The van der Waals surface area contributed by atoms with Crippen LogP contribution >= 0.6 is 0 Å². The summed E-state index contributed by atoms with van der Waals surface area (Å²) in [5, 5.41) is 2.86. The number of hydrogen-bond donors (Lipinski definition) is 1. The molecule has 1 unspecified atom stereocenters. The summed E-state index contributed by atoms with van der Waals surface area (Å²) in [6, 6.07) is 5.07. The predicted molar refractivity (Wildman–Crippen MR) is 101 cm³/mol. The van der Waals surface area contributed by atoms with E-state index in [1.807, 2.05) is 6.92 Å². The van der Waals surface area contributed by atoms with Crippen molar-refractivity contribution in [2.24, 2.45) is 0 Å². The van der Waals surface area contributed by atoms with Crippen LogP contribution in [0.4, 0.5) is 10.5 Å². The van der Waals surface area contributed by atoms with Gasteiger partial charge in [0.2, 0.25) is 0 Å². The number of urea groups is 1. The number of piperazine rings is 1. The van der Waals surface area contributed by atoms with E-state index in [9.17, 15) is 14.4 Å². The SMILES string of the molecule is CCCNC(=O)N1CCN(C(=O)c2ccc3c(c2)N(C)C(=O)C(C)O3)CC1. The van der Waals surface area contributed by atoms with Crippen molar-refractivity contribution in [3.8, 4) is 5.75 Å². The van der Waals surface area contributed by atoms with Crippen molar-refractivity contribution < 1.29 is 19.1 Å². The Hall–Kier alpha value is -2.77. The van der Waals surface area contributed by atoms with Gasteiger partial charge in [-0.05, 0) is 31.5 Å². The van der Waals surface area contributed by atoms with Gasteiger partial charge >= 0.3 is 6.03 Å². The third kappa shape index (κ3) is 3.84. The van der Waals surface area contributed by atoms with Crippen molar-refractivity contribution in [3.05, 3.63) is 23.8 Å². The summed E-state index contributed by atoms with van der Waals surface area (Å²) in [7, 11) is 1.68. The van der Waals surface area contributed by atoms with E-state index in [-0.39, 0.29) is 17.8 Å². The van der Waals surface area contributed by atoms with E-state index in [2.05, 4.69) is 5.32 Å². The predicted octanol–water partition coefficient (Wildman–Crippen LogP) is 1.31. The number of amides is 4. The second-order valence-corrected chi connectivity index (χ2v) is 6.85. The molecule has 2 aliphatic heterocycles. The van der Waals surface area contributed by atoms with Crippen LogP contribution in [0.2, 0.25) is 0 Å². The van der Waals surface area contributed by atoms with Crippen molar-refractivity contribution in [2.75, 3.05) is 44.7 Å². The smallest absolute Gasteiger partial charge is 0.317 e. The van der Waals surface area contributed by atoms with Crippen LogP contribution in [0.15, 0.2) is 18.2 Å². The quantitative estimate of drug-likeness (QED) is 0.865. The monoisotopic (exact) mass is 374 g/mol. The Morgan fingerprint density at radius 3 is 2.52 bits per heavy atom. The molecule has 1 saturated heterocycles. The van der Waals surface area contributed by atoms with Crippen molar-refractivity contribution in [1.29, 1.82) is 0 Å². The number of rotatable bonds is 3. The van der Waals surface area contributed by atoms with Crippen molar-refractivity contribution in [3.63, 3.8) is 0 Å². The molecule has 1 aromatic rings. The minimum atomic E-state index is -0.531. The Morgan fingerprint density at radius 2 is 1.85 bits per heavy atom. The fourth-order valence-corrected chi connectivity index (χ4v) is 3.28. The van der Waals surface area contributed by atoms with E-state index in [1.54, 1.807) is 42.0 Å². The molecule has 0 spiro atoms. The third-order valence-corrected chi connectivity index (χ3v) is 4.93. The van der Waals surface area contributed by atoms with Crippen LogP contribution in [0, 0.1) is 0 Å². The first-order valence-corrected chi connectivity index (χ1v) is 9.32. The topological polar surface area (TPSA) is 82.2 Å². The maximum Gasteiger partial charge on any atom is 0.317 e. The van der Waals surface area contributed by atoms with Gasteiger partial charge in [-0.3, -0.25) is 9.59 Å². The Labute approximate surface area is 159 Å². The number of benzene rings is 1. The highest BCUT2D eigenvalue weighted by atomic mass is 16.5. The third-order valence-electron chi connectivity index (χ3n) is 4.93. The highest BCUT2D eigenvalue weighted by Gasteiger charge is 2.30. The van der Waals surface area contributed by atoms with Crippen LogP contribution in [0.3, 0.4) is 0 Å². The van der Waals surface area contributed by atoms with Gasteiger partial charge < -0.3 is 24.8 Å². The molecule has 27 heavy (non-hydrogen) atoms.